The smallest absolute Gasteiger partial charge is 0.251 e. The van der Waals surface area contributed by atoms with Crippen molar-refractivity contribution in [1.82, 2.24) is 30.2 Å². The molecule has 3 atom stereocenters. The third kappa shape index (κ3) is 3.93. The molecule has 1 aliphatic heterocycles. The minimum Gasteiger partial charge on any atom is -0.366 e. The summed E-state index contributed by atoms with van der Waals surface area (Å²) in [6.45, 7) is 2.01. The van der Waals surface area contributed by atoms with Gasteiger partial charge in [0.1, 0.15) is 11.6 Å². The first-order chi connectivity index (χ1) is 18.0. The van der Waals surface area contributed by atoms with Crippen LogP contribution in [0.2, 0.25) is 0 Å². The van der Waals surface area contributed by atoms with Crippen LogP contribution in [0.1, 0.15) is 30.7 Å². The summed E-state index contributed by atoms with van der Waals surface area (Å²) in [5, 5.41) is 10.8. The van der Waals surface area contributed by atoms with Gasteiger partial charge in [-0.2, -0.15) is 9.37 Å². The lowest BCUT2D eigenvalue weighted by Crippen LogP contribution is -2.22. The van der Waals surface area contributed by atoms with Gasteiger partial charge in [-0.05, 0) is 48.3 Å². The van der Waals surface area contributed by atoms with Crippen LogP contribution in [0.25, 0.3) is 22.3 Å². The van der Waals surface area contributed by atoms with Crippen LogP contribution in [0.15, 0.2) is 36.8 Å². The molecule has 7 rings (SSSR count). The standard InChI is InChI=1S/C26H23F3N8/c27-17-7-18(28)25(36-23(17)29)34-20-6-13(4-5-32-20)24-33-19-11-31-8-14(12-2-1-3-12)21(19)26(37-24)35-22-15-9-30-10-16(15)22/h4-8,11-12,15-16,22,30H,1-3,9-10H2,(H,32,34,36)(H,33,35,37)/t15-,16?,22?/m1/s1. The summed E-state index contributed by atoms with van der Waals surface area (Å²) in [6.07, 6.45) is 8.68. The fourth-order valence-corrected chi connectivity index (χ4v) is 5.45. The Bertz CT molecular complexity index is 1520. The number of fused-ring (bicyclic) bond motifs is 2. The van der Waals surface area contributed by atoms with Gasteiger partial charge < -0.3 is 16.0 Å². The Morgan fingerprint density at radius 3 is 2.54 bits per heavy atom. The fraction of sp³-hybridized carbons (Fsp3) is 0.346. The van der Waals surface area contributed by atoms with E-state index in [4.69, 9.17) is 9.97 Å². The Labute approximate surface area is 210 Å². The number of hydrogen-bond donors (Lipinski definition) is 3. The summed E-state index contributed by atoms with van der Waals surface area (Å²) in [4.78, 5) is 21.7. The monoisotopic (exact) mass is 504 g/mol. The number of halogens is 3. The molecule has 1 saturated heterocycles. The highest BCUT2D eigenvalue weighted by molar-refractivity contribution is 5.93. The van der Waals surface area contributed by atoms with Crippen molar-refractivity contribution >= 4 is 28.4 Å². The van der Waals surface area contributed by atoms with E-state index in [0.717, 1.165) is 42.7 Å². The first-order valence-corrected chi connectivity index (χ1v) is 12.4. The van der Waals surface area contributed by atoms with Crippen molar-refractivity contribution in [3.63, 3.8) is 0 Å². The second-order valence-electron chi connectivity index (χ2n) is 9.95. The second kappa shape index (κ2) is 8.62. The molecule has 188 valence electrons. The summed E-state index contributed by atoms with van der Waals surface area (Å²) in [7, 11) is 0. The maximum atomic E-state index is 14.1. The number of pyridine rings is 3. The van der Waals surface area contributed by atoms with Crippen molar-refractivity contribution in [1.29, 1.82) is 0 Å². The third-order valence-electron chi connectivity index (χ3n) is 7.73. The van der Waals surface area contributed by atoms with Crippen molar-refractivity contribution in [2.24, 2.45) is 11.8 Å². The molecule has 8 nitrogen and oxygen atoms in total. The van der Waals surface area contributed by atoms with Crippen LogP contribution in [0.5, 0.6) is 0 Å². The summed E-state index contributed by atoms with van der Waals surface area (Å²) in [5.74, 6) is -1.16. The van der Waals surface area contributed by atoms with Gasteiger partial charge in [0.2, 0.25) is 0 Å². The van der Waals surface area contributed by atoms with Crippen LogP contribution in [0.3, 0.4) is 0 Å². The zero-order valence-corrected chi connectivity index (χ0v) is 19.7. The molecule has 11 heteroatoms. The fourth-order valence-electron chi connectivity index (χ4n) is 5.45. The number of nitrogens with one attached hydrogen (secondary N) is 3. The molecular formula is C26H23F3N8. The van der Waals surface area contributed by atoms with E-state index in [9.17, 15) is 13.2 Å². The van der Waals surface area contributed by atoms with E-state index in [1.807, 2.05) is 6.20 Å². The zero-order chi connectivity index (χ0) is 25.1. The van der Waals surface area contributed by atoms with Gasteiger partial charge in [0.05, 0.1) is 11.7 Å². The topological polar surface area (TPSA) is 101 Å². The van der Waals surface area contributed by atoms with E-state index >= 15 is 0 Å². The van der Waals surface area contributed by atoms with Crippen molar-refractivity contribution in [3.8, 4) is 11.4 Å². The maximum absolute atomic E-state index is 14.1. The minimum absolute atomic E-state index is 0.192. The Kier molecular flexibility index (Phi) is 5.20. The Balaban J connectivity index is 1.28. The van der Waals surface area contributed by atoms with E-state index < -0.39 is 23.4 Å². The van der Waals surface area contributed by atoms with E-state index in [-0.39, 0.29) is 5.82 Å². The summed E-state index contributed by atoms with van der Waals surface area (Å²) in [6, 6.07) is 4.16. The Hall–Kier alpha value is -3.86. The van der Waals surface area contributed by atoms with Gasteiger partial charge in [0.15, 0.2) is 23.3 Å². The number of piperidine rings is 1. The first kappa shape index (κ1) is 22.3. The number of rotatable bonds is 6. The molecule has 0 aromatic carbocycles. The van der Waals surface area contributed by atoms with Crippen LogP contribution in [0, 0.1) is 29.4 Å². The van der Waals surface area contributed by atoms with Gasteiger partial charge in [0, 0.05) is 48.5 Å². The largest absolute Gasteiger partial charge is 0.366 e. The Morgan fingerprint density at radius 1 is 0.919 bits per heavy atom. The Morgan fingerprint density at radius 2 is 1.76 bits per heavy atom. The molecule has 0 amide bonds. The van der Waals surface area contributed by atoms with E-state index in [1.54, 1.807) is 18.3 Å². The van der Waals surface area contributed by atoms with Gasteiger partial charge in [-0.3, -0.25) is 4.98 Å². The number of anilines is 3. The van der Waals surface area contributed by atoms with Gasteiger partial charge in [-0.25, -0.2) is 23.7 Å². The zero-order valence-electron chi connectivity index (χ0n) is 19.7. The molecule has 4 aromatic heterocycles. The molecule has 0 bridgehead atoms. The lowest BCUT2D eigenvalue weighted by Gasteiger charge is -2.27. The maximum Gasteiger partial charge on any atom is 0.251 e. The van der Waals surface area contributed by atoms with Crippen molar-refractivity contribution in [2.75, 3.05) is 23.7 Å². The molecule has 2 saturated carbocycles. The highest BCUT2D eigenvalue weighted by Crippen LogP contribution is 2.46. The minimum atomic E-state index is -1.40. The SMILES string of the molecule is Fc1cc(F)c(Nc2cc(-c3nc(NC4C5CNC[C@H]54)c4c(C5CCC5)cncc4n3)ccn2)nc1F. The quantitative estimate of drug-likeness (QED) is 0.329. The van der Waals surface area contributed by atoms with Crippen LogP contribution in [0.4, 0.5) is 30.6 Å². The highest BCUT2D eigenvalue weighted by Gasteiger charge is 2.53. The molecule has 0 radical (unpaired) electrons. The van der Waals surface area contributed by atoms with Crippen LogP contribution in [-0.2, 0) is 0 Å². The van der Waals surface area contributed by atoms with Gasteiger partial charge in [-0.1, -0.05) is 6.42 Å². The highest BCUT2D eigenvalue weighted by atomic mass is 19.2. The number of nitrogens with zero attached hydrogens (tertiary/aromatic N) is 5. The van der Waals surface area contributed by atoms with Gasteiger partial charge >= 0.3 is 0 Å². The lowest BCUT2D eigenvalue weighted by atomic mass is 9.79. The van der Waals surface area contributed by atoms with Crippen LogP contribution < -0.4 is 16.0 Å². The van der Waals surface area contributed by atoms with Gasteiger partial charge in [-0.15, -0.1) is 0 Å². The number of hydrogen-bond acceptors (Lipinski definition) is 8. The molecule has 0 spiro atoms. The lowest BCUT2D eigenvalue weighted by molar-refractivity contribution is 0.421. The predicted octanol–water partition coefficient (Wildman–Crippen LogP) is 4.54. The molecule has 3 N–H and O–H groups in total. The van der Waals surface area contributed by atoms with Crippen molar-refractivity contribution < 1.29 is 13.2 Å². The molecule has 4 aromatic rings. The average Bonchev–Trinajstić information content (AvgIpc) is 3.26. The first-order valence-electron chi connectivity index (χ1n) is 12.4. The van der Waals surface area contributed by atoms with Crippen LogP contribution >= 0.6 is 0 Å². The summed E-state index contributed by atoms with van der Waals surface area (Å²) < 4.78 is 41.0. The molecule has 37 heavy (non-hydrogen) atoms. The average molecular weight is 505 g/mol. The molecule has 2 aliphatic carbocycles. The molecule has 3 aliphatic rings. The molecular weight excluding hydrogens is 481 g/mol. The van der Waals surface area contributed by atoms with Crippen LogP contribution in [-0.4, -0.2) is 44.1 Å². The molecule has 3 fully saturated rings. The predicted molar refractivity (Wildman–Crippen MR) is 132 cm³/mol. The van der Waals surface area contributed by atoms with E-state index in [0.29, 0.717) is 41.2 Å². The summed E-state index contributed by atoms with van der Waals surface area (Å²) >= 11 is 0. The molecule has 5 heterocycles. The summed E-state index contributed by atoms with van der Waals surface area (Å²) in [5.41, 5.74) is 2.55. The number of aromatic nitrogens is 5. The second-order valence-corrected chi connectivity index (χ2v) is 9.95. The third-order valence-corrected chi connectivity index (χ3v) is 7.73. The normalized spacial score (nSPS) is 22.5. The van der Waals surface area contributed by atoms with E-state index in [2.05, 4.69) is 30.9 Å². The van der Waals surface area contributed by atoms with Crippen molar-refractivity contribution in [2.45, 2.75) is 31.2 Å². The molecule has 2 unspecified atom stereocenters. The van der Waals surface area contributed by atoms with Crippen molar-refractivity contribution in [3.05, 3.63) is 59.9 Å². The van der Waals surface area contributed by atoms with E-state index in [1.165, 1.54) is 18.2 Å². The van der Waals surface area contributed by atoms with Gasteiger partial charge in [0.25, 0.3) is 5.95 Å².